The summed E-state index contributed by atoms with van der Waals surface area (Å²) in [7, 11) is -3.53. The van der Waals surface area contributed by atoms with Crippen LogP contribution in [0.3, 0.4) is 0 Å². The zero-order valence-corrected chi connectivity index (χ0v) is 17.6. The fraction of sp³-hybridized carbons (Fsp3) is 0.143. The van der Waals surface area contributed by atoms with E-state index in [2.05, 4.69) is 20.3 Å². The van der Waals surface area contributed by atoms with E-state index < -0.39 is 21.7 Å². The Hall–Kier alpha value is -4.04. The number of nitrogens with two attached hydrogens (primary N) is 1. The third kappa shape index (κ3) is 3.04. The molecule has 2 aromatic heterocycles. The zero-order chi connectivity index (χ0) is 22.6. The second-order valence-electron chi connectivity index (χ2n) is 7.47. The molecule has 0 spiro atoms. The Morgan fingerprint density at radius 2 is 2.09 bits per heavy atom. The first-order valence-electron chi connectivity index (χ1n) is 9.52. The van der Waals surface area contributed by atoms with E-state index >= 15 is 0 Å². The quantitative estimate of drug-likeness (QED) is 0.486. The van der Waals surface area contributed by atoms with Crippen LogP contribution in [0.25, 0.3) is 11.0 Å². The Kier molecular flexibility index (Phi) is 4.35. The first-order valence-corrected chi connectivity index (χ1v) is 11.4. The van der Waals surface area contributed by atoms with E-state index in [1.165, 1.54) is 24.5 Å². The average molecular weight is 449 g/mol. The summed E-state index contributed by atoms with van der Waals surface area (Å²) in [4.78, 5) is 12.8. The predicted octanol–water partition coefficient (Wildman–Crippen LogP) is 2.39. The minimum atomic E-state index is -3.53. The molecule has 1 aliphatic heterocycles. The van der Waals surface area contributed by atoms with Crippen molar-refractivity contribution in [2.45, 2.75) is 17.5 Å². The number of imidazole rings is 1. The summed E-state index contributed by atoms with van der Waals surface area (Å²) >= 11 is 0. The molecule has 4 aromatic rings. The van der Waals surface area contributed by atoms with Crippen molar-refractivity contribution in [1.82, 2.24) is 19.5 Å². The van der Waals surface area contributed by atoms with Crippen molar-refractivity contribution in [1.29, 1.82) is 5.26 Å². The van der Waals surface area contributed by atoms with Gasteiger partial charge in [-0.05, 0) is 35.4 Å². The number of nitrogens with one attached hydrogen (secondary N) is 1. The molecule has 0 radical (unpaired) electrons. The fourth-order valence-corrected chi connectivity index (χ4v) is 4.93. The lowest BCUT2D eigenvalue weighted by Crippen LogP contribution is -2.26. The molecule has 0 saturated heterocycles. The summed E-state index contributed by atoms with van der Waals surface area (Å²) < 4.78 is 40.9. The van der Waals surface area contributed by atoms with Crippen molar-refractivity contribution in [3.8, 4) is 6.07 Å². The summed E-state index contributed by atoms with van der Waals surface area (Å²) in [5.41, 5.74) is 8.21. The molecule has 3 heterocycles. The molecule has 1 atom stereocenters. The molecule has 32 heavy (non-hydrogen) atoms. The first kappa shape index (κ1) is 19.9. The molecule has 0 amide bonds. The SMILES string of the molecule is CS(=O)(=O)c1cccc2nc3n(c12)Cc1ccc(F)cc1[C@@H]3Nc1ncnc(N)c1C#N. The summed E-state index contributed by atoms with van der Waals surface area (Å²) in [5.74, 6) is 0.215. The molecule has 9 nitrogen and oxygen atoms in total. The molecule has 1 aliphatic rings. The van der Waals surface area contributed by atoms with Gasteiger partial charge in [0.2, 0.25) is 0 Å². The molecule has 11 heteroatoms. The molecule has 3 N–H and O–H groups in total. The Morgan fingerprint density at radius 1 is 1.28 bits per heavy atom. The highest BCUT2D eigenvalue weighted by Gasteiger charge is 2.32. The van der Waals surface area contributed by atoms with E-state index in [-0.39, 0.29) is 22.1 Å². The predicted molar refractivity (Wildman–Crippen MR) is 115 cm³/mol. The maximum absolute atomic E-state index is 14.2. The number of fused-ring (bicyclic) bond motifs is 4. The smallest absolute Gasteiger partial charge is 0.177 e. The molecular weight excluding hydrogens is 433 g/mol. The molecule has 160 valence electrons. The van der Waals surface area contributed by atoms with Crippen LogP contribution in [0, 0.1) is 17.1 Å². The number of nitriles is 1. The third-order valence-electron chi connectivity index (χ3n) is 5.43. The second kappa shape index (κ2) is 7.00. The summed E-state index contributed by atoms with van der Waals surface area (Å²) in [6.45, 7) is 0.309. The normalized spacial score (nSPS) is 15.1. The van der Waals surface area contributed by atoms with Gasteiger partial charge in [-0.15, -0.1) is 0 Å². The van der Waals surface area contributed by atoms with Gasteiger partial charge in [-0.1, -0.05) is 12.1 Å². The maximum Gasteiger partial charge on any atom is 0.177 e. The number of para-hydroxylation sites is 1. The van der Waals surface area contributed by atoms with Crippen LogP contribution in [0.1, 0.15) is 28.6 Å². The minimum Gasteiger partial charge on any atom is -0.382 e. The van der Waals surface area contributed by atoms with Crippen LogP contribution in [-0.4, -0.2) is 34.2 Å². The van der Waals surface area contributed by atoms with Gasteiger partial charge in [-0.2, -0.15) is 5.26 Å². The lowest BCUT2D eigenvalue weighted by Gasteiger charge is -2.28. The van der Waals surface area contributed by atoms with E-state index in [9.17, 15) is 18.1 Å². The number of nitrogens with zero attached hydrogens (tertiary/aromatic N) is 5. The van der Waals surface area contributed by atoms with Gasteiger partial charge in [-0.25, -0.2) is 27.8 Å². The van der Waals surface area contributed by atoms with E-state index in [0.717, 1.165) is 11.8 Å². The second-order valence-corrected chi connectivity index (χ2v) is 9.45. The molecule has 0 fully saturated rings. The van der Waals surface area contributed by atoms with Gasteiger partial charge in [0.25, 0.3) is 0 Å². The molecule has 2 aromatic carbocycles. The van der Waals surface area contributed by atoms with Crippen LogP contribution in [0.5, 0.6) is 0 Å². The van der Waals surface area contributed by atoms with Crippen LogP contribution in [0.15, 0.2) is 47.6 Å². The van der Waals surface area contributed by atoms with Crippen molar-refractivity contribution in [3.05, 3.63) is 71.1 Å². The van der Waals surface area contributed by atoms with Crippen LogP contribution < -0.4 is 11.1 Å². The molecule has 0 bridgehead atoms. The van der Waals surface area contributed by atoms with Gasteiger partial charge in [0.1, 0.15) is 47.3 Å². The van der Waals surface area contributed by atoms with Crippen molar-refractivity contribution >= 4 is 32.5 Å². The largest absolute Gasteiger partial charge is 0.382 e. The topological polar surface area (TPSA) is 140 Å². The number of halogens is 1. The van der Waals surface area contributed by atoms with Crippen LogP contribution in [0.2, 0.25) is 0 Å². The Morgan fingerprint density at radius 3 is 2.84 bits per heavy atom. The highest BCUT2D eigenvalue weighted by atomic mass is 32.2. The highest BCUT2D eigenvalue weighted by Crippen LogP contribution is 2.38. The van der Waals surface area contributed by atoms with Gasteiger partial charge >= 0.3 is 0 Å². The Bertz CT molecular complexity index is 1560. The molecule has 0 aliphatic carbocycles. The molecular formula is C21H16FN7O2S. The van der Waals surface area contributed by atoms with Gasteiger partial charge in [0.05, 0.1) is 15.9 Å². The lowest BCUT2D eigenvalue weighted by molar-refractivity contribution is 0.600. The number of hydrogen-bond donors (Lipinski definition) is 2. The highest BCUT2D eigenvalue weighted by molar-refractivity contribution is 7.91. The number of rotatable bonds is 3. The van der Waals surface area contributed by atoms with E-state index in [4.69, 9.17) is 5.73 Å². The van der Waals surface area contributed by atoms with Crippen molar-refractivity contribution in [2.24, 2.45) is 0 Å². The van der Waals surface area contributed by atoms with E-state index in [0.29, 0.717) is 29.0 Å². The summed E-state index contributed by atoms with van der Waals surface area (Å²) in [6.07, 6.45) is 2.37. The van der Waals surface area contributed by atoms with Gasteiger partial charge < -0.3 is 15.6 Å². The third-order valence-corrected chi connectivity index (χ3v) is 6.56. The zero-order valence-electron chi connectivity index (χ0n) is 16.7. The summed E-state index contributed by atoms with van der Waals surface area (Å²) in [5, 5.41) is 12.7. The number of nitrogen functional groups attached to an aromatic ring is 1. The first-order chi connectivity index (χ1) is 15.3. The summed E-state index contributed by atoms with van der Waals surface area (Å²) in [6, 6.07) is 10.5. The van der Waals surface area contributed by atoms with Gasteiger partial charge in [0, 0.05) is 12.8 Å². The maximum atomic E-state index is 14.2. The molecule has 5 rings (SSSR count). The van der Waals surface area contributed by atoms with Crippen molar-refractivity contribution < 1.29 is 12.8 Å². The van der Waals surface area contributed by atoms with Crippen molar-refractivity contribution in [3.63, 3.8) is 0 Å². The van der Waals surface area contributed by atoms with Crippen LogP contribution in [-0.2, 0) is 16.4 Å². The van der Waals surface area contributed by atoms with Gasteiger partial charge in [-0.3, -0.25) is 0 Å². The lowest BCUT2D eigenvalue weighted by atomic mass is 9.95. The van der Waals surface area contributed by atoms with E-state index in [1.54, 1.807) is 22.8 Å². The molecule has 0 unspecified atom stereocenters. The minimum absolute atomic E-state index is 0.00754. The monoisotopic (exact) mass is 449 g/mol. The number of hydrogen-bond acceptors (Lipinski definition) is 8. The average Bonchev–Trinajstić information content (AvgIpc) is 3.12. The number of aromatic nitrogens is 4. The van der Waals surface area contributed by atoms with Gasteiger partial charge in [0.15, 0.2) is 9.84 Å². The Labute approximate surface area is 182 Å². The Balaban J connectivity index is 1.78. The number of benzene rings is 2. The van der Waals surface area contributed by atoms with E-state index in [1.807, 2.05) is 6.07 Å². The van der Waals surface area contributed by atoms with Crippen LogP contribution in [0.4, 0.5) is 16.0 Å². The standard InChI is InChI=1S/C21H16FN7O2S/c1-32(30,31)16-4-2-3-15-18(16)29-9-11-5-6-12(22)7-13(11)17(21(29)27-15)28-20-14(8-23)19(24)25-10-26-20/h2-7,10,17H,9H2,1H3,(H3,24,25,26,28)/t17-/m0/s1. The number of sulfone groups is 1. The fourth-order valence-electron chi connectivity index (χ4n) is 4.04. The number of anilines is 2. The van der Waals surface area contributed by atoms with Crippen LogP contribution >= 0.6 is 0 Å². The van der Waals surface area contributed by atoms with Crippen molar-refractivity contribution in [2.75, 3.05) is 17.3 Å². The molecule has 0 saturated carbocycles.